The van der Waals surface area contributed by atoms with Crippen LogP contribution in [0, 0.1) is 5.92 Å². The molecule has 17 heavy (non-hydrogen) atoms. The maximum atomic E-state index is 5.74. The molecule has 0 amide bonds. The fraction of sp³-hybridized carbons (Fsp3) is 0.923. The zero-order valence-electron chi connectivity index (χ0n) is 11.7. The van der Waals surface area contributed by atoms with Gasteiger partial charge in [-0.25, -0.2) is 0 Å². The van der Waals surface area contributed by atoms with Crippen LogP contribution >= 0.6 is 24.0 Å². The Morgan fingerprint density at radius 1 is 1.18 bits per heavy atom. The highest BCUT2D eigenvalue weighted by molar-refractivity contribution is 14.0. The average molecular weight is 355 g/mol. The van der Waals surface area contributed by atoms with E-state index < -0.39 is 0 Å². The predicted molar refractivity (Wildman–Crippen MR) is 88.1 cm³/mol. The number of aliphatic imine (C=N–C) groups is 1. The Morgan fingerprint density at radius 3 is 2.47 bits per heavy atom. The quantitative estimate of drug-likeness (QED) is 0.288. The van der Waals surface area contributed by atoms with E-state index in [-0.39, 0.29) is 24.0 Å². The van der Waals surface area contributed by atoms with Crippen molar-refractivity contribution < 1.29 is 0 Å². The second-order valence-electron chi connectivity index (χ2n) is 4.79. The Hall–Kier alpha value is 0. The SMILES string of the molecule is CCCCCCNC(N)=NCCCC(C)C.I. The third-order valence-corrected chi connectivity index (χ3v) is 2.56. The van der Waals surface area contributed by atoms with E-state index >= 15 is 0 Å². The second kappa shape index (κ2) is 14.1. The molecule has 0 aliphatic carbocycles. The maximum absolute atomic E-state index is 5.74. The molecule has 0 aliphatic rings. The molecule has 0 fully saturated rings. The van der Waals surface area contributed by atoms with Gasteiger partial charge in [-0.1, -0.05) is 40.0 Å². The van der Waals surface area contributed by atoms with Gasteiger partial charge in [-0.3, -0.25) is 4.99 Å². The number of halogens is 1. The summed E-state index contributed by atoms with van der Waals surface area (Å²) in [5, 5.41) is 3.16. The van der Waals surface area contributed by atoms with Crippen LogP contribution in [0.1, 0.15) is 59.3 Å². The smallest absolute Gasteiger partial charge is 0.188 e. The van der Waals surface area contributed by atoms with E-state index in [2.05, 4.69) is 31.1 Å². The number of nitrogens with one attached hydrogen (secondary N) is 1. The van der Waals surface area contributed by atoms with Crippen LogP contribution in [0.3, 0.4) is 0 Å². The van der Waals surface area contributed by atoms with Crippen molar-refractivity contribution in [1.29, 1.82) is 0 Å². The Bertz CT molecular complexity index is 182. The largest absolute Gasteiger partial charge is 0.370 e. The number of unbranched alkanes of at least 4 members (excludes halogenated alkanes) is 3. The lowest BCUT2D eigenvalue weighted by Crippen LogP contribution is -2.32. The molecule has 4 heteroatoms. The molecule has 0 rings (SSSR count). The topological polar surface area (TPSA) is 50.4 Å². The molecule has 0 aromatic rings. The number of rotatable bonds is 9. The Balaban J connectivity index is 0. The van der Waals surface area contributed by atoms with E-state index in [1.807, 2.05) is 0 Å². The molecular weight excluding hydrogens is 325 g/mol. The van der Waals surface area contributed by atoms with E-state index in [4.69, 9.17) is 5.73 Å². The van der Waals surface area contributed by atoms with Gasteiger partial charge < -0.3 is 11.1 Å². The van der Waals surface area contributed by atoms with Crippen LogP contribution in [-0.4, -0.2) is 19.0 Å². The van der Waals surface area contributed by atoms with Crippen molar-refractivity contribution in [2.75, 3.05) is 13.1 Å². The fourth-order valence-electron chi connectivity index (χ4n) is 1.52. The van der Waals surface area contributed by atoms with E-state index in [9.17, 15) is 0 Å². The van der Waals surface area contributed by atoms with Crippen molar-refractivity contribution in [3.05, 3.63) is 0 Å². The van der Waals surface area contributed by atoms with Gasteiger partial charge in [0.25, 0.3) is 0 Å². The van der Waals surface area contributed by atoms with Crippen LogP contribution in [0.15, 0.2) is 4.99 Å². The van der Waals surface area contributed by atoms with Crippen LogP contribution < -0.4 is 11.1 Å². The normalized spacial score (nSPS) is 11.4. The highest BCUT2D eigenvalue weighted by Crippen LogP contribution is 2.02. The molecule has 104 valence electrons. The number of hydrogen-bond acceptors (Lipinski definition) is 1. The molecule has 0 aliphatic heterocycles. The van der Waals surface area contributed by atoms with Crippen LogP contribution in [-0.2, 0) is 0 Å². The van der Waals surface area contributed by atoms with Crippen LogP contribution in [0.4, 0.5) is 0 Å². The molecular formula is C13H30IN3. The van der Waals surface area contributed by atoms with E-state index in [0.29, 0.717) is 5.96 Å². The summed E-state index contributed by atoms with van der Waals surface area (Å²) >= 11 is 0. The molecule has 0 spiro atoms. The van der Waals surface area contributed by atoms with Crippen molar-refractivity contribution in [2.24, 2.45) is 16.6 Å². The van der Waals surface area contributed by atoms with Gasteiger partial charge >= 0.3 is 0 Å². The highest BCUT2D eigenvalue weighted by Gasteiger charge is 1.94. The molecule has 3 N–H and O–H groups in total. The van der Waals surface area contributed by atoms with Gasteiger partial charge in [0.15, 0.2) is 5.96 Å². The molecule has 0 bridgehead atoms. The Morgan fingerprint density at radius 2 is 1.88 bits per heavy atom. The molecule has 0 heterocycles. The monoisotopic (exact) mass is 355 g/mol. The Labute approximate surface area is 124 Å². The minimum Gasteiger partial charge on any atom is -0.370 e. The lowest BCUT2D eigenvalue weighted by molar-refractivity contribution is 0.561. The molecule has 0 aromatic heterocycles. The van der Waals surface area contributed by atoms with Crippen LogP contribution in [0.5, 0.6) is 0 Å². The van der Waals surface area contributed by atoms with Gasteiger partial charge in [-0.05, 0) is 25.2 Å². The zero-order chi connectivity index (χ0) is 12.2. The van der Waals surface area contributed by atoms with Gasteiger partial charge in [-0.15, -0.1) is 24.0 Å². The highest BCUT2D eigenvalue weighted by atomic mass is 127. The van der Waals surface area contributed by atoms with Crippen LogP contribution in [0.2, 0.25) is 0 Å². The second-order valence-corrected chi connectivity index (χ2v) is 4.79. The van der Waals surface area contributed by atoms with Crippen molar-refractivity contribution >= 4 is 29.9 Å². The summed E-state index contributed by atoms with van der Waals surface area (Å²) in [7, 11) is 0. The van der Waals surface area contributed by atoms with Crippen LogP contribution in [0.25, 0.3) is 0 Å². The van der Waals surface area contributed by atoms with E-state index in [1.165, 1.54) is 32.1 Å². The lowest BCUT2D eigenvalue weighted by Gasteiger charge is -2.05. The first kappa shape index (κ1) is 19.3. The van der Waals surface area contributed by atoms with Gasteiger partial charge in [0.1, 0.15) is 0 Å². The summed E-state index contributed by atoms with van der Waals surface area (Å²) in [4.78, 5) is 4.30. The van der Waals surface area contributed by atoms with E-state index in [0.717, 1.165) is 25.4 Å². The number of guanidine groups is 1. The fourth-order valence-corrected chi connectivity index (χ4v) is 1.52. The number of nitrogens with two attached hydrogens (primary N) is 1. The summed E-state index contributed by atoms with van der Waals surface area (Å²) in [5.41, 5.74) is 5.74. The summed E-state index contributed by atoms with van der Waals surface area (Å²) in [6.45, 7) is 8.50. The van der Waals surface area contributed by atoms with Gasteiger partial charge in [-0.2, -0.15) is 0 Å². The lowest BCUT2D eigenvalue weighted by atomic mass is 10.1. The third-order valence-electron chi connectivity index (χ3n) is 2.56. The van der Waals surface area contributed by atoms with Crippen molar-refractivity contribution in [1.82, 2.24) is 5.32 Å². The zero-order valence-corrected chi connectivity index (χ0v) is 14.0. The molecule has 0 aromatic carbocycles. The first-order valence-electron chi connectivity index (χ1n) is 6.70. The standard InChI is InChI=1S/C13H29N3.HI/c1-4-5-6-7-10-15-13(14)16-11-8-9-12(2)3;/h12H,4-11H2,1-3H3,(H3,14,15,16);1H. The maximum Gasteiger partial charge on any atom is 0.188 e. The summed E-state index contributed by atoms with van der Waals surface area (Å²) in [5.74, 6) is 1.37. The third kappa shape index (κ3) is 16.0. The van der Waals surface area contributed by atoms with Crippen molar-refractivity contribution in [2.45, 2.75) is 59.3 Å². The first-order valence-corrected chi connectivity index (χ1v) is 6.70. The minimum absolute atomic E-state index is 0. The first-order chi connectivity index (χ1) is 7.66. The summed E-state index contributed by atoms with van der Waals surface area (Å²) < 4.78 is 0. The van der Waals surface area contributed by atoms with Gasteiger partial charge in [0, 0.05) is 13.1 Å². The molecule has 0 radical (unpaired) electrons. The molecule has 0 saturated carbocycles. The van der Waals surface area contributed by atoms with Crippen molar-refractivity contribution in [3.8, 4) is 0 Å². The van der Waals surface area contributed by atoms with Crippen molar-refractivity contribution in [3.63, 3.8) is 0 Å². The minimum atomic E-state index is 0. The van der Waals surface area contributed by atoms with Gasteiger partial charge in [0.2, 0.25) is 0 Å². The number of hydrogen-bond donors (Lipinski definition) is 2. The van der Waals surface area contributed by atoms with E-state index in [1.54, 1.807) is 0 Å². The molecule has 0 atom stereocenters. The molecule has 3 nitrogen and oxygen atoms in total. The molecule has 0 unspecified atom stereocenters. The predicted octanol–water partition coefficient (Wildman–Crippen LogP) is 3.53. The van der Waals surface area contributed by atoms with Gasteiger partial charge in [0.05, 0.1) is 0 Å². The molecule has 0 saturated heterocycles. The Kier molecular flexibility index (Phi) is 16.0. The summed E-state index contributed by atoms with van der Waals surface area (Å²) in [6.07, 6.45) is 7.43. The average Bonchev–Trinajstić information content (AvgIpc) is 2.24. The number of nitrogens with zero attached hydrogens (tertiary/aromatic N) is 1. The summed E-state index contributed by atoms with van der Waals surface area (Å²) in [6, 6.07) is 0.